The minimum Gasteiger partial charge on any atom is -0.277 e. The molecule has 0 spiro atoms. The highest BCUT2D eigenvalue weighted by Crippen LogP contribution is 2.54. The first-order valence-corrected chi connectivity index (χ1v) is 32.0. The van der Waals surface area contributed by atoms with Crippen LogP contribution in [0, 0.1) is 0 Å². The molecule has 0 N–H and O–H groups in total. The predicted molar refractivity (Wildman–Crippen MR) is 299 cm³/mol. The van der Waals surface area contributed by atoms with Crippen LogP contribution in [0.3, 0.4) is 0 Å². The molecule has 0 saturated carbocycles. The first-order chi connectivity index (χ1) is 35.0. The number of hydrogen-bond acceptors (Lipinski definition) is 4. The summed E-state index contributed by atoms with van der Waals surface area (Å²) >= 11 is 0. The van der Waals surface area contributed by atoms with Crippen LogP contribution in [0.25, 0.3) is 0 Å². The lowest BCUT2D eigenvalue weighted by atomic mass is 10.0. The number of phosphoric ester groups is 1. The van der Waals surface area contributed by atoms with Gasteiger partial charge in [0.2, 0.25) is 0 Å². The van der Waals surface area contributed by atoms with Crippen molar-refractivity contribution in [2.45, 2.75) is 309 Å². The molecule has 3 rings (SSSR count). The molecule has 0 aliphatic heterocycles. The highest BCUT2D eigenvalue weighted by molar-refractivity contribution is 7.48. The zero-order valence-corrected chi connectivity index (χ0v) is 47.4. The zero-order chi connectivity index (χ0) is 50.4. The summed E-state index contributed by atoms with van der Waals surface area (Å²) < 4.78 is 43.3. The van der Waals surface area contributed by atoms with E-state index in [-0.39, 0.29) is 18.3 Å². The lowest BCUT2D eigenvalue weighted by Gasteiger charge is -2.28. The fourth-order valence-corrected chi connectivity index (χ4v) is 11.9. The van der Waals surface area contributed by atoms with E-state index in [0.29, 0.717) is 19.6 Å². The standard InChI is InChI=1S/C63H111N3O4P/c1-4-7-10-13-16-19-22-25-28-31-34-40-49-61(58-64-52-43-37-44-53-64)68-71(67,69-62(59-65-54-45-38-46-55-65)50-41-35-32-29-26-23-20-17-14-11-8-5-2)70-63(60-66-56-47-39-48-57-66)51-42-36-33-30-27-24-21-18-15-12-9-6-3/h37-39,43-48,52-57,61-63H,4-36,40-42,49-51,58-60H2,1-3H3/q+3. The molecule has 0 aromatic carbocycles. The summed E-state index contributed by atoms with van der Waals surface area (Å²) in [5, 5.41) is 0. The third kappa shape index (κ3) is 35.4. The van der Waals surface area contributed by atoms with Crippen molar-refractivity contribution in [1.82, 2.24) is 0 Å². The van der Waals surface area contributed by atoms with E-state index in [1.165, 1.54) is 193 Å². The van der Waals surface area contributed by atoms with E-state index in [2.05, 4.69) is 126 Å². The molecule has 0 bridgehead atoms. The average Bonchev–Trinajstić information content (AvgIpc) is 3.38. The smallest absolute Gasteiger partial charge is 0.277 e. The first-order valence-electron chi connectivity index (χ1n) is 30.5. The van der Waals surface area contributed by atoms with E-state index < -0.39 is 7.82 Å². The summed E-state index contributed by atoms with van der Waals surface area (Å²) in [6, 6.07) is 18.6. The van der Waals surface area contributed by atoms with E-state index in [4.69, 9.17) is 13.6 Å². The Morgan fingerprint density at radius 2 is 0.465 bits per heavy atom. The molecule has 0 fully saturated rings. The summed E-state index contributed by atoms with van der Waals surface area (Å²) in [6.07, 6.45) is 60.8. The number of phosphoric acid groups is 1. The number of unbranched alkanes of at least 4 members (excludes halogenated alkanes) is 33. The highest BCUT2D eigenvalue weighted by atomic mass is 31.2. The topological polar surface area (TPSA) is 56.4 Å². The molecule has 71 heavy (non-hydrogen) atoms. The average molecular weight is 1010 g/mol. The number of pyridine rings is 3. The van der Waals surface area contributed by atoms with E-state index in [9.17, 15) is 0 Å². The maximum absolute atomic E-state index is 15.9. The van der Waals surface area contributed by atoms with Crippen molar-refractivity contribution < 1.29 is 31.8 Å². The van der Waals surface area contributed by atoms with E-state index in [0.717, 1.165) is 57.8 Å². The largest absolute Gasteiger partial charge is 0.476 e. The summed E-state index contributed by atoms with van der Waals surface area (Å²) in [5.41, 5.74) is 0. The Labute approximate surface area is 438 Å². The van der Waals surface area contributed by atoms with Gasteiger partial charge in [-0.3, -0.25) is 13.6 Å². The van der Waals surface area contributed by atoms with Gasteiger partial charge in [-0.2, -0.15) is 0 Å². The van der Waals surface area contributed by atoms with Gasteiger partial charge in [0.05, 0.1) is 0 Å². The third-order valence-electron chi connectivity index (χ3n) is 14.5. The number of hydrogen-bond donors (Lipinski definition) is 0. The molecule has 0 amide bonds. The van der Waals surface area contributed by atoms with Crippen molar-refractivity contribution >= 4 is 7.82 Å². The molecule has 404 valence electrons. The lowest BCUT2D eigenvalue weighted by Crippen LogP contribution is -2.43. The fraction of sp³-hybridized carbons (Fsp3) is 0.762. The van der Waals surface area contributed by atoms with Crippen LogP contribution in [-0.2, 0) is 37.8 Å². The molecule has 3 heterocycles. The zero-order valence-electron chi connectivity index (χ0n) is 46.5. The first kappa shape index (κ1) is 62.9. The van der Waals surface area contributed by atoms with Gasteiger partial charge in [-0.25, -0.2) is 18.3 Å². The van der Waals surface area contributed by atoms with E-state index in [1.807, 2.05) is 0 Å². The van der Waals surface area contributed by atoms with Crippen molar-refractivity contribution in [2.75, 3.05) is 0 Å². The van der Waals surface area contributed by atoms with Crippen LogP contribution < -0.4 is 13.7 Å². The second-order valence-electron chi connectivity index (χ2n) is 21.4. The van der Waals surface area contributed by atoms with Gasteiger partial charge in [0.25, 0.3) is 0 Å². The molecule has 0 saturated heterocycles. The van der Waals surface area contributed by atoms with E-state index >= 15 is 4.57 Å². The van der Waals surface area contributed by atoms with Crippen LogP contribution in [-0.4, -0.2) is 18.3 Å². The SMILES string of the molecule is CCCCCCCCCCCCCCC(C[n+]1ccccc1)OP(=O)(OC(CCCCCCCCCCCCCC)C[n+]1ccccc1)OC(CCCCCCCCCCCCCC)C[n+]1ccccc1. The van der Waals surface area contributed by atoms with Gasteiger partial charge < -0.3 is 0 Å². The van der Waals surface area contributed by atoms with Gasteiger partial charge in [-0.1, -0.05) is 270 Å². The summed E-state index contributed by atoms with van der Waals surface area (Å²) in [4.78, 5) is 0. The maximum Gasteiger partial charge on any atom is 0.476 e. The van der Waals surface area contributed by atoms with Crippen LogP contribution in [0.15, 0.2) is 91.8 Å². The van der Waals surface area contributed by atoms with Gasteiger partial charge in [0.15, 0.2) is 56.8 Å². The Balaban J connectivity index is 1.75. The monoisotopic (exact) mass is 1000 g/mol. The van der Waals surface area contributed by atoms with Crippen molar-refractivity contribution in [3.05, 3.63) is 91.8 Å². The molecular weight excluding hydrogens is 894 g/mol. The molecule has 3 unspecified atom stereocenters. The molecule has 0 aliphatic rings. The van der Waals surface area contributed by atoms with Crippen LogP contribution in [0.4, 0.5) is 0 Å². The van der Waals surface area contributed by atoms with Gasteiger partial charge in [0.1, 0.15) is 18.3 Å². The minimum absolute atomic E-state index is 0.315. The highest BCUT2D eigenvalue weighted by Gasteiger charge is 2.40. The van der Waals surface area contributed by atoms with E-state index in [1.54, 1.807) is 0 Å². The van der Waals surface area contributed by atoms with Crippen LogP contribution in [0.5, 0.6) is 0 Å². The number of aromatic nitrogens is 3. The molecule has 0 radical (unpaired) electrons. The van der Waals surface area contributed by atoms with Gasteiger partial charge >= 0.3 is 7.82 Å². The maximum atomic E-state index is 15.9. The Bertz CT molecular complexity index is 1430. The summed E-state index contributed by atoms with van der Waals surface area (Å²) in [5.74, 6) is 0. The Morgan fingerprint density at radius 3 is 0.662 bits per heavy atom. The van der Waals surface area contributed by atoms with Crippen LogP contribution >= 0.6 is 7.82 Å². The van der Waals surface area contributed by atoms with Gasteiger partial charge in [-0.05, 0) is 19.3 Å². The minimum atomic E-state index is -4.09. The predicted octanol–water partition coefficient (Wildman–Crippen LogP) is 18.5. The second kappa shape index (κ2) is 45.0. The van der Waals surface area contributed by atoms with Gasteiger partial charge in [-0.15, -0.1) is 0 Å². The molecule has 8 heteroatoms. The number of nitrogens with zero attached hydrogens (tertiary/aromatic N) is 3. The summed E-state index contributed by atoms with van der Waals surface area (Å²) in [6.45, 7) is 8.68. The van der Waals surface area contributed by atoms with Crippen molar-refractivity contribution in [1.29, 1.82) is 0 Å². The third-order valence-corrected chi connectivity index (χ3v) is 16.2. The van der Waals surface area contributed by atoms with Crippen LogP contribution in [0.1, 0.15) is 271 Å². The Morgan fingerprint density at radius 1 is 0.282 bits per heavy atom. The molecule has 3 aromatic rings. The van der Waals surface area contributed by atoms with Crippen LogP contribution in [0.2, 0.25) is 0 Å². The van der Waals surface area contributed by atoms with Crippen molar-refractivity contribution in [3.8, 4) is 0 Å². The molecule has 3 atom stereocenters. The Hall–Kier alpha value is -2.44. The van der Waals surface area contributed by atoms with Gasteiger partial charge in [0, 0.05) is 36.4 Å². The Kier molecular flexibility index (Phi) is 39.8. The quantitative estimate of drug-likeness (QED) is 0.0321. The van der Waals surface area contributed by atoms with Crippen molar-refractivity contribution in [2.24, 2.45) is 0 Å². The van der Waals surface area contributed by atoms with Crippen molar-refractivity contribution in [3.63, 3.8) is 0 Å². The second-order valence-corrected chi connectivity index (χ2v) is 22.9. The molecule has 0 aliphatic carbocycles. The number of rotatable bonds is 51. The molecular formula is C63H111N3O4P+3. The molecule has 3 aromatic heterocycles. The molecule has 7 nitrogen and oxygen atoms in total. The fourth-order valence-electron chi connectivity index (χ4n) is 10.2. The lowest BCUT2D eigenvalue weighted by molar-refractivity contribution is -0.704. The summed E-state index contributed by atoms with van der Waals surface area (Å²) in [7, 11) is -4.09. The normalized spacial score (nSPS) is 13.8.